The number of rotatable bonds is 9. The molecule has 1 aromatic heterocycles. The van der Waals surface area contributed by atoms with Gasteiger partial charge < -0.3 is 14.6 Å². The third-order valence-electron chi connectivity index (χ3n) is 4.40. The topological polar surface area (TPSA) is 102 Å². The highest BCUT2D eigenvalue weighted by atomic mass is 32.2. The van der Waals surface area contributed by atoms with Crippen LogP contribution in [0.15, 0.2) is 66.1 Å². The summed E-state index contributed by atoms with van der Waals surface area (Å²) < 4.78 is 34.7. The van der Waals surface area contributed by atoms with Crippen LogP contribution in [0.4, 0.5) is 5.69 Å². The molecule has 0 radical (unpaired) electrons. The number of carbonyl (C=O) groups is 1. The van der Waals surface area contributed by atoms with Crippen molar-refractivity contribution >= 4 is 21.6 Å². The fraction of sp³-hybridized carbons (Fsp3) is 0.238. The van der Waals surface area contributed by atoms with Crippen LogP contribution in [0.5, 0.6) is 5.75 Å². The number of sulfonamides is 1. The molecule has 0 bridgehead atoms. The van der Waals surface area contributed by atoms with Gasteiger partial charge in [0.25, 0.3) is 5.91 Å². The predicted molar refractivity (Wildman–Crippen MR) is 114 cm³/mol. The number of amides is 1. The molecule has 1 heterocycles. The minimum atomic E-state index is -3.66. The van der Waals surface area contributed by atoms with Gasteiger partial charge in [0.05, 0.1) is 23.5 Å². The van der Waals surface area contributed by atoms with Crippen LogP contribution in [0.1, 0.15) is 22.8 Å². The van der Waals surface area contributed by atoms with Crippen LogP contribution in [0, 0.1) is 6.92 Å². The maximum Gasteiger partial charge on any atom is 0.256 e. The van der Waals surface area contributed by atoms with Crippen LogP contribution < -0.4 is 14.8 Å². The van der Waals surface area contributed by atoms with Gasteiger partial charge in [-0.25, -0.2) is 18.1 Å². The van der Waals surface area contributed by atoms with E-state index in [0.717, 1.165) is 0 Å². The van der Waals surface area contributed by atoms with E-state index in [2.05, 4.69) is 15.0 Å². The quantitative estimate of drug-likeness (QED) is 0.546. The number of benzene rings is 2. The number of nitrogens with zero attached hydrogens (tertiary/aromatic N) is 2. The Hall–Kier alpha value is -3.17. The highest BCUT2D eigenvalue weighted by Gasteiger charge is 2.18. The summed E-state index contributed by atoms with van der Waals surface area (Å²) in [6.07, 6.45) is 5.24. The molecule has 0 saturated carbocycles. The fourth-order valence-electron chi connectivity index (χ4n) is 2.85. The van der Waals surface area contributed by atoms with Gasteiger partial charge in [-0.05, 0) is 36.8 Å². The molecular weight excluding hydrogens is 404 g/mol. The second kappa shape index (κ2) is 9.55. The molecule has 158 valence electrons. The summed E-state index contributed by atoms with van der Waals surface area (Å²) in [5, 5.41) is 2.82. The van der Waals surface area contributed by atoms with E-state index in [1.807, 2.05) is 16.8 Å². The van der Waals surface area contributed by atoms with Crippen molar-refractivity contribution in [3.63, 3.8) is 0 Å². The lowest BCUT2D eigenvalue weighted by Gasteiger charge is -2.14. The molecule has 0 saturated heterocycles. The molecular formula is C21H24N4O4S. The maximum absolute atomic E-state index is 12.9. The fourth-order valence-corrected chi connectivity index (χ4v) is 3.92. The molecule has 0 aliphatic heterocycles. The average molecular weight is 429 g/mol. The first-order valence-corrected chi connectivity index (χ1v) is 11.0. The molecule has 9 heteroatoms. The number of anilines is 1. The molecule has 8 nitrogen and oxygen atoms in total. The number of carbonyl (C=O) groups excluding carboxylic acids is 1. The Bertz CT molecular complexity index is 1110. The molecule has 0 aliphatic rings. The Morgan fingerprint density at radius 1 is 1.20 bits per heavy atom. The summed E-state index contributed by atoms with van der Waals surface area (Å²) in [4.78, 5) is 16.9. The highest BCUT2D eigenvalue weighted by molar-refractivity contribution is 7.89. The molecule has 0 aliphatic carbocycles. The Kier molecular flexibility index (Phi) is 6.86. The lowest BCUT2D eigenvalue weighted by Crippen LogP contribution is -2.24. The largest absolute Gasteiger partial charge is 0.490 e. The van der Waals surface area contributed by atoms with Crippen molar-refractivity contribution < 1.29 is 17.9 Å². The van der Waals surface area contributed by atoms with Gasteiger partial charge in [-0.2, -0.15) is 0 Å². The molecule has 3 rings (SSSR count). The zero-order valence-corrected chi connectivity index (χ0v) is 17.6. The third kappa shape index (κ3) is 5.25. The number of aromatic nitrogens is 2. The van der Waals surface area contributed by atoms with Crippen LogP contribution in [-0.4, -0.2) is 37.0 Å². The number of nitrogens with one attached hydrogen (secondary N) is 2. The van der Waals surface area contributed by atoms with Gasteiger partial charge in [-0.3, -0.25) is 4.79 Å². The molecule has 2 aromatic carbocycles. The van der Waals surface area contributed by atoms with Gasteiger partial charge in [0.2, 0.25) is 10.0 Å². The molecule has 0 spiro atoms. The number of aryl methyl sites for hydroxylation is 1. The van der Waals surface area contributed by atoms with Crippen LogP contribution in [0.3, 0.4) is 0 Å². The zero-order valence-electron chi connectivity index (χ0n) is 16.8. The maximum atomic E-state index is 12.9. The van der Waals surface area contributed by atoms with Crippen LogP contribution in [0.25, 0.3) is 0 Å². The van der Waals surface area contributed by atoms with Crippen LogP contribution in [-0.2, 0) is 16.6 Å². The lowest BCUT2D eigenvalue weighted by molar-refractivity contribution is 0.102. The van der Waals surface area contributed by atoms with Gasteiger partial charge in [0.1, 0.15) is 12.4 Å². The number of imidazole rings is 1. The number of hydrogen-bond acceptors (Lipinski definition) is 5. The smallest absolute Gasteiger partial charge is 0.256 e. The molecule has 0 unspecified atom stereocenters. The lowest BCUT2D eigenvalue weighted by atomic mass is 10.1. The Labute approximate surface area is 176 Å². The van der Waals surface area contributed by atoms with Crippen molar-refractivity contribution in [2.75, 3.05) is 18.5 Å². The number of ether oxygens (including phenoxy) is 1. The van der Waals surface area contributed by atoms with Crippen LogP contribution >= 0.6 is 0 Å². The van der Waals surface area contributed by atoms with E-state index in [1.54, 1.807) is 50.6 Å². The summed E-state index contributed by atoms with van der Waals surface area (Å²) in [5.74, 6) is 0.117. The van der Waals surface area contributed by atoms with Crippen molar-refractivity contribution in [1.29, 1.82) is 0 Å². The summed E-state index contributed by atoms with van der Waals surface area (Å²) in [7, 11) is -3.66. The van der Waals surface area contributed by atoms with Crippen molar-refractivity contribution in [2.24, 2.45) is 0 Å². The zero-order chi connectivity index (χ0) is 21.6. The Morgan fingerprint density at radius 2 is 2.00 bits per heavy atom. The average Bonchev–Trinajstić information content (AvgIpc) is 3.23. The second-order valence-corrected chi connectivity index (χ2v) is 8.34. The molecule has 0 atom stereocenters. The van der Waals surface area contributed by atoms with E-state index in [9.17, 15) is 13.2 Å². The van der Waals surface area contributed by atoms with Crippen molar-refractivity contribution in [1.82, 2.24) is 14.3 Å². The standard InChI is InChI=1S/C21H24N4O4S/c1-3-23-30(27,28)17-9-8-16(2)18(14-17)21(26)24-19-6-4-5-7-20(19)29-13-12-25-11-10-22-15-25/h4-11,14-15,23H,3,12-13H2,1-2H3,(H,24,26). The van der Waals surface area contributed by atoms with Gasteiger partial charge in [0.15, 0.2) is 0 Å². The van der Waals surface area contributed by atoms with Crippen molar-refractivity contribution in [2.45, 2.75) is 25.3 Å². The van der Waals surface area contributed by atoms with E-state index in [1.165, 1.54) is 12.1 Å². The van der Waals surface area contributed by atoms with E-state index >= 15 is 0 Å². The van der Waals surface area contributed by atoms with Gasteiger partial charge >= 0.3 is 0 Å². The first-order chi connectivity index (χ1) is 14.4. The van der Waals surface area contributed by atoms with Gasteiger partial charge in [0, 0.05) is 24.5 Å². The SMILES string of the molecule is CCNS(=O)(=O)c1ccc(C)c(C(=O)Nc2ccccc2OCCn2ccnc2)c1. The molecule has 2 N–H and O–H groups in total. The van der Waals surface area contributed by atoms with E-state index < -0.39 is 15.9 Å². The summed E-state index contributed by atoms with van der Waals surface area (Å²) in [6.45, 7) is 4.74. The Morgan fingerprint density at radius 3 is 2.73 bits per heavy atom. The third-order valence-corrected chi connectivity index (χ3v) is 5.94. The normalized spacial score (nSPS) is 11.3. The summed E-state index contributed by atoms with van der Waals surface area (Å²) in [5.41, 5.74) is 1.45. The minimum Gasteiger partial charge on any atom is -0.490 e. The molecule has 1 amide bonds. The Balaban J connectivity index is 1.76. The molecule has 0 fully saturated rings. The van der Waals surface area contributed by atoms with E-state index in [4.69, 9.17) is 4.74 Å². The molecule has 3 aromatic rings. The van der Waals surface area contributed by atoms with Gasteiger partial charge in [-0.15, -0.1) is 0 Å². The predicted octanol–water partition coefficient (Wildman–Crippen LogP) is 2.82. The number of hydrogen-bond donors (Lipinski definition) is 2. The monoisotopic (exact) mass is 428 g/mol. The van der Waals surface area contributed by atoms with Gasteiger partial charge in [-0.1, -0.05) is 25.1 Å². The van der Waals surface area contributed by atoms with E-state index in [-0.39, 0.29) is 17.0 Å². The number of para-hydroxylation sites is 2. The minimum absolute atomic E-state index is 0.0463. The first kappa shape index (κ1) is 21.5. The summed E-state index contributed by atoms with van der Waals surface area (Å²) in [6, 6.07) is 11.6. The first-order valence-electron chi connectivity index (χ1n) is 9.50. The van der Waals surface area contributed by atoms with Crippen molar-refractivity contribution in [3.05, 3.63) is 72.3 Å². The molecule has 30 heavy (non-hydrogen) atoms. The van der Waals surface area contributed by atoms with Crippen molar-refractivity contribution in [3.8, 4) is 5.75 Å². The summed E-state index contributed by atoms with van der Waals surface area (Å²) >= 11 is 0. The van der Waals surface area contributed by atoms with E-state index in [0.29, 0.717) is 30.2 Å². The second-order valence-electron chi connectivity index (χ2n) is 6.58. The van der Waals surface area contributed by atoms with Crippen LogP contribution in [0.2, 0.25) is 0 Å². The highest BCUT2D eigenvalue weighted by Crippen LogP contribution is 2.25.